The van der Waals surface area contributed by atoms with Crippen LogP contribution >= 0.6 is 10.7 Å². The Morgan fingerprint density at radius 1 is 1.04 bits per heavy atom. The molecule has 0 atom stereocenters. The standard InChI is InChI=1S/C15H14N4O2S.C2H5ClO2S/c1-3-22(20,21)18-12-4-6-14(11(8-12)9-16)15-7-5-13(10-17)19(15)2;1-2-6(3,4)5/h4-8,18H,3H2,1-2H3;2H2,1H3. The van der Waals surface area contributed by atoms with E-state index in [1.165, 1.54) is 19.9 Å². The number of sulfonamides is 1. The first-order valence-electron chi connectivity index (χ1n) is 8.01. The smallest absolute Gasteiger partial charge is 0.232 e. The van der Waals surface area contributed by atoms with Gasteiger partial charge in [0.2, 0.25) is 19.1 Å². The van der Waals surface area contributed by atoms with Gasteiger partial charge in [-0.15, -0.1) is 0 Å². The summed E-state index contributed by atoms with van der Waals surface area (Å²) >= 11 is 0. The van der Waals surface area contributed by atoms with Gasteiger partial charge in [-0.1, -0.05) is 6.92 Å². The zero-order valence-electron chi connectivity index (χ0n) is 15.5. The summed E-state index contributed by atoms with van der Waals surface area (Å²) in [5.41, 5.74) is 2.53. The lowest BCUT2D eigenvalue weighted by molar-refractivity contribution is 0.602. The number of benzene rings is 1. The molecule has 1 N–H and O–H groups in total. The fraction of sp³-hybridized carbons (Fsp3) is 0.294. The molecule has 2 rings (SSSR count). The van der Waals surface area contributed by atoms with Crippen LogP contribution in [0.15, 0.2) is 30.3 Å². The van der Waals surface area contributed by atoms with Crippen molar-refractivity contribution in [3.8, 4) is 23.4 Å². The van der Waals surface area contributed by atoms with Gasteiger partial charge >= 0.3 is 0 Å². The Hall–Kier alpha value is -2.53. The van der Waals surface area contributed by atoms with Crippen LogP contribution in [0.4, 0.5) is 5.69 Å². The Kier molecular flexibility index (Phi) is 8.06. The van der Waals surface area contributed by atoms with Crippen molar-refractivity contribution >= 4 is 35.4 Å². The molecular weight excluding hydrogens is 424 g/mol. The Bertz CT molecular complexity index is 1140. The molecule has 0 aliphatic carbocycles. The molecule has 1 heterocycles. The molecule has 1 aromatic heterocycles. The lowest BCUT2D eigenvalue weighted by Gasteiger charge is -2.10. The van der Waals surface area contributed by atoms with Crippen LogP contribution in [0.5, 0.6) is 0 Å². The first kappa shape index (κ1) is 23.5. The van der Waals surface area contributed by atoms with Crippen LogP contribution in [-0.4, -0.2) is 32.9 Å². The van der Waals surface area contributed by atoms with Gasteiger partial charge in [0.1, 0.15) is 11.8 Å². The Morgan fingerprint density at radius 2 is 1.64 bits per heavy atom. The van der Waals surface area contributed by atoms with Gasteiger partial charge in [0.05, 0.1) is 28.8 Å². The molecule has 0 aliphatic heterocycles. The maximum Gasteiger partial charge on any atom is 0.232 e. The molecule has 0 spiro atoms. The second-order valence-electron chi connectivity index (χ2n) is 5.48. The van der Waals surface area contributed by atoms with E-state index in [1.54, 1.807) is 35.9 Å². The first-order valence-corrected chi connectivity index (χ1v) is 12.1. The summed E-state index contributed by atoms with van der Waals surface area (Å²) < 4.78 is 46.8. The highest BCUT2D eigenvalue weighted by atomic mass is 35.7. The van der Waals surface area contributed by atoms with Crippen molar-refractivity contribution < 1.29 is 16.8 Å². The molecule has 0 radical (unpaired) electrons. The average molecular weight is 443 g/mol. The number of aromatic nitrogens is 1. The van der Waals surface area contributed by atoms with E-state index >= 15 is 0 Å². The largest absolute Gasteiger partial charge is 0.335 e. The lowest BCUT2D eigenvalue weighted by Crippen LogP contribution is -2.14. The Balaban J connectivity index is 0.000000568. The maximum atomic E-state index is 11.6. The normalized spacial score (nSPS) is 10.9. The second-order valence-corrected chi connectivity index (χ2v) is 10.6. The second kappa shape index (κ2) is 9.60. The van der Waals surface area contributed by atoms with E-state index in [0.717, 1.165) is 5.69 Å². The number of hydrogen-bond donors (Lipinski definition) is 1. The van der Waals surface area contributed by atoms with Gasteiger partial charge in [-0.3, -0.25) is 4.72 Å². The van der Waals surface area contributed by atoms with E-state index in [0.29, 0.717) is 22.5 Å². The summed E-state index contributed by atoms with van der Waals surface area (Å²) in [6.45, 7) is 3.03. The van der Waals surface area contributed by atoms with Crippen LogP contribution in [0, 0.1) is 22.7 Å². The molecule has 150 valence electrons. The minimum Gasteiger partial charge on any atom is -0.335 e. The summed E-state index contributed by atoms with van der Waals surface area (Å²) in [6, 6.07) is 12.3. The number of halogens is 1. The summed E-state index contributed by atoms with van der Waals surface area (Å²) in [6.07, 6.45) is 0. The molecule has 11 heteroatoms. The van der Waals surface area contributed by atoms with Crippen molar-refractivity contribution in [2.24, 2.45) is 7.05 Å². The number of anilines is 1. The number of rotatable bonds is 5. The van der Waals surface area contributed by atoms with E-state index < -0.39 is 19.1 Å². The fourth-order valence-electron chi connectivity index (χ4n) is 2.07. The van der Waals surface area contributed by atoms with Crippen molar-refractivity contribution in [2.75, 3.05) is 16.2 Å². The number of hydrogen-bond acceptors (Lipinski definition) is 6. The summed E-state index contributed by atoms with van der Waals surface area (Å²) in [7, 11) is -0.152. The van der Waals surface area contributed by atoms with Gasteiger partial charge in [0.15, 0.2) is 0 Å². The summed E-state index contributed by atoms with van der Waals surface area (Å²) in [4.78, 5) is 0. The van der Waals surface area contributed by atoms with Crippen molar-refractivity contribution in [2.45, 2.75) is 13.8 Å². The van der Waals surface area contributed by atoms with Crippen LogP contribution in [0.25, 0.3) is 11.3 Å². The average Bonchev–Trinajstić information content (AvgIpc) is 3.01. The van der Waals surface area contributed by atoms with Crippen molar-refractivity contribution in [3.63, 3.8) is 0 Å². The van der Waals surface area contributed by atoms with Crippen molar-refractivity contribution in [1.82, 2.24) is 4.57 Å². The zero-order valence-corrected chi connectivity index (χ0v) is 17.9. The molecule has 0 fully saturated rings. The van der Waals surface area contributed by atoms with E-state index in [2.05, 4.69) is 27.5 Å². The van der Waals surface area contributed by atoms with Crippen LogP contribution < -0.4 is 4.72 Å². The molecule has 0 aliphatic rings. The van der Waals surface area contributed by atoms with Crippen LogP contribution in [-0.2, 0) is 26.1 Å². The summed E-state index contributed by atoms with van der Waals surface area (Å²) in [5.74, 6) is -0.0332. The van der Waals surface area contributed by atoms with Crippen LogP contribution in [0.3, 0.4) is 0 Å². The maximum absolute atomic E-state index is 11.6. The molecule has 0 amide bonds. The third kappa shape index (κ3) is 6.57. The Morgan fingerprint density at radius 3 is 2.07 bits per heavy atom. The Labute approximate surface area is 169 Å². The highest BCUT2D eigenvalue weighted by molar-refractivity contribution is 8.13. The minimum atomic E-state index is -3.39. The molecule has 0 saturated heterocycles. The summed E-state index contributed by atoms with van der Waals surface area (Å²) in [5, 5.41) is 18.3. The molecule has 0 unspecified atom stereocenters. The van der Waals surface area contributed by atoms with Gasteiger partial charge in [-0.2, -0.15) is 10.5 Å². The fourth-order valence-corrected chi connectivity index (χ4v) is 2.70. The molecule has 8 nitrogen and oxygen atoms in total. The van der Waals surface area contributed by atoms with Crippen LogP contribution in [0.1, 0.15) is 25.1 Å². The monoisotopic (exact) mass is 442 g/mol. The molecule has 1 aromatic carbocycles. The van der Waals surface area contributed by atoms with E-state index in [-0.39, 0.29) is 11.5 Å². The van der Waals surface area contributed by atoms with E-state index in [9.17, 15) is 22.1 Å². The predicted molar refractivity (Wildman–Crippen MR) is 109 cm³/mol. The SMILES string of the molecule is CCS(=O)(=O)Cl.CCS(=O)(=O)Nc1ccc(-c2ccc(C#N)n2C)c(C#N)c1. The number of nitrogens with one attached hydrogen (secondary N) is 1. The third-order valence-corrected chi connectivity index (χ3v) is 6.30. The van der Waals surface area contributed by atoms with Gasteiger partial charge in [0, 0.05) is 29.0 Å². The minimum absolute atomic E-state index is 0.00849. The van der Waals surface area contributed by atoms with Crippen LogP contribution in [0.2, 0.25) is 0 Å². The molecule has 2 aromatic rings. The van der Waals surface area contributed by atoms with Gasteiger partial charge in [-0.25, -0.2) is 16.8 Å². The van der Waals surface area contributed by atoms with E-state index in [1.807, 2.05) is 0 Å². The third-order valence-electron chi connectivity index (χ3n) is 3.65. The number of nitrogens with zero attached hydrogens (tertiary/aromatic N) is 3. The van der Waals surface area contributed by atoms with Gasteiger partial charge in [0.25, 0.3) is 0 Å². The molecule has 28 heavy (non-hydrogen) atoms. The van der Waals surface area contributed by atoms with Crippen molar-refractivity contribution in [1.29, 1.82) is 10.5 Å². The van der Waals surface area contributed by atoms with E-state index in [4.69, 9.17) is 5.26 Å². The highest BCUT2D eigenvalue weighted by Crippen LogP contribution is 2.27. The predicted octanol–water partition coefficient (Wildman–Crippen LogP) is 2.77. The van der Waals surface area contributed by atoms with Gasteiger partial charge < -0.3 is 4.57 Å². The number of nitriles is 2. The zero-order chi connectivity index (χ0) is 21.5. The quantitative estimate of drug-likeness (QED) is 0.707. The van der Waals surface area contributed by atoms with Gasteiger partial charge in [-0.05, 0) is 37.3 Å². The first-order chi connectivity index (χ1) is 13.0. The highest BCUT2D eigenvalue weighted by Gasteiger charge is 2.13. The molecule has 0 bridgehead atoms. The topological polar surface area (TPSA) is 133 Å². The molecule has 0 saturated carbocycles. The lowest BCUT2D eigenvalue weighted by atomic mass is 10.0. The molecular formula is C17H19ClN4O4S2. The van der Waals surface area contributed by atoms with Crippen molar-refractivity contribution in [3.05, 3.63) is 41.6 Å².